The van der Waals surface area contributed by atoms with E-state index in [4.69, 9.17) is 26.2 Å². The van der Waals surface area contributed by atoms with Crippen LogP contribution in [0.5, 0.6) is 11.5 Å². The van der Waals surface area contributed by atoms with Gasteiger partial charge in [-0.05, 0) is 55.8 Å². The highest BCUT2D eigenvalue weighted by Crippen LogP contribution is 2.40. The van der Waals surface area contributed by atoms with Crippen molar-refractivity contribution in [2.75, 3.05) is 19.0 Å². The third-order valence-corrected chi connectivity index (χ3v) is 6.52. The zero-order chi connectivity index (χ0) is 25.9. The molecular weight excluding hydrogens is 490 g/mol. The number of hydrogen-bond acceptors (Lipinski definition) is 6. The van der Waals surface area contributed by atoms with Gasteiger partial charge in [-0.2, -0.15) is 4.98 Å². The number of carbonyl (C=O) groups excluding carboxylic acids is 1. The molecule has 1 amide bonds. The smallest absolute Gasteiger partial charge is 0.248 e. The Kier molecular flexibility index (Phi) is 6.92. The molecule has 8 nitrogen and oxygen atoms in total. The Morgan fingerprint density at radius 1 is 1.05 bits per heavy atom. The van der Waals surface area contributed by atoms with Gasteiger partial charge in [0.1, 0.15) is 5.92 Å². The summed E-state index contributed by atoms with van der Waals surface area (Å²) in [4.78, 5) is 23.0. The highest BCUT2D eigenvalue weighted by molar-refractivity contribution is 6.33. The molecule has 1 aliphatic rings. The SMILES string of the molecule is CCOc1ccc(C2C(C(=O)Nc3ccccc3)C(C)=Nc3nc(-c4ccccc4Cl)nn32)cc1OC. The zero-order valence-corrected chi connectivity index (χ0v) is 21.4. The van der Waals surface area contributed by atoms with Crippen LogP contribution in [0.25, 0.3) is 11.4 Å². The van der Waals surface area contributed by atoms with Crippen molar-refractivity contribution in [2.45, 2.75) is 19.9 Å². The molecule has 0 radical (unpaired) electrons. The number of anilines is 1. The monoisotopic (exact) mass is 515 g/mol. The fourth-order valence-corrected chi connectivity index (χ4v) is 4.70. The molecule has 188 valence electrons. The van der Waals surface area contributed by atoms with Gasteiger partial charge in [-0.3, -0.25) is 4.79 Å². The Labute approximate surface area is 219 Å². The van der Waals surface area contributed by atoms with Crippen molar-refractivity contribution in [3.05, 3.63) is 83.4 Å². The van der Waals surface area contributed by atoms with Crippen LogP contribution in [0.2, 0.25) is 5.02 Å². The normalized spacial score (nSPS) is 16.5. The van der Waals surface area contributed by atoms with Crippen LogP contribution in [0.1, 0.15) is 25.5 Å². The number of aliphatic imine (C=N–C) groups is 1. The Bertz CT molecular complexity index is 1470. The molecule has 37 heavy (non-hydrogen) atoms. The summed E-state index contributed by atoms with van der Waals surface area (Å²) in [5, 5.41) is 8.34. The number of carbonyl (C=O) groups is 1. The number of methoxy groups -OCH3 is 1. The number of halogens is 1. The summed E-state index contributed by atoms with van der Waals surface area (Å²) in [6.45, 7) is 4.25. The van der Waals surface area contributed by atoms with Gasteiger partial charge in [0.2, 0.25) is 11.9 Å². The zero-order valence-electron chi connectivity index (χ0n) is 20.7. The number of nitrogens with one attached hydrogen (secondary N) is 1. The highest BCUT2D eigenvalue weighted by atomic mass is 35.5. The van der Waals surface area contributed by atoms with Crippen LogP contribution in [0, 0.1) is 5.92 Å². The summed E-state index contributed by atoms with van der Waals surface area (Å²) in [6, 6.07) is 21.8. The molecule has 3 aromatic carbocycles. The van der Waals surface area contributed by atoms with Crippen LogP contribution in [0.3, 0.4) is 0 Å². The maximum atomic E-state index is 13.7. The van der Waals surface area contributed by atoms with E-state index >= 15 is 0 Å². The molecule has 2 unspecified atom stereocenters. The van der Waals surface area contributed by atoms with Gasteiger partial charge in [0.05, 0.1) is 24.8 Å². The van der Waals surface area contributed by atoms with Crippen LogP contribution < -0.4 is 14.8 Å². The standard InChI is InChI=1S/C28H26ClN5O3/c1-4-37-22-15-14-18(16-23(22)36-3)25-24(27(35)31-19-10-6-5-7-11-19)17(2)30-28-32-26(33-34(25)28)20-12-8-9-13-21(20)29/h5-16,24-25H,4H2,1-3H3,(H,31,35). The lowest BCUT2D eigenvalue weighted by Crippen LogP contribution is -2.39. The summed E-state index contributed by atoms with van der Waals surface area (Å²) in [7, 11) is 1.59. The van der Waals surface area contributed by atoms with E-state index in [2.05, 4.69) is 15.3 Å². The van der Waals surface area contributed by atoms with E-state index < -0.39 is 12.0 Å². The molecule has 0 aliphatic carbocycles. The van der Waals surface area contributed by atoms with Gasteiger partial charge in [0, 0.05) is 17.0 Å². The molecule has 2 heterocycles. The van der Waals surface area contributed by atoms with Gasteiger partial charge in [0.15, 0.2) is 17.3 Å². The molecule has 0 spiro atoms. The van der Waals surface area contributed by atoms with Gasteiger partial charge in [-0.25, -0.2) is 9.67 Å². The summed E-state index contributed by atoms with van der Waals surface area (Å²) < 4.78 is 13.0. The van der Waals surface area contributed by atoms with E-state index in [9.17, 15) is 4.79 Å². The number of fused-ring (bicyclic) bond motifs is 1. The number of aromatic nitrogens is 3. The number of amides is 1. The Morgan fingerprint density at radius 2 is 1.81 bits per heavy atom. The average Bonchev–Trinajstić information content (AvgIpc) is 3.32. The Balaban J connectivity index is 1.63. The van der Waals surface area contributed by atoms with E-state index in [1.54, 1.807) is 17.9 Å². The van der Waals surface area contributed by atoms with Crippen molar-refractivity contribution >= 4 is 34.9 Å². The first-order valence-corrected chi connectivity index (χ1v) is 12.3. The molecule has 4 aromatic rings. The summed E-state index contributed by atoms with van der Waals surface area (Å²) in [5.74, 6) is 1.16. The van der Waals surface area contributed by atoms with Crippen LogP contribution in [-0.4, -0.2) is 40.1 Å². The highest BCUT2D eigenvalue weighted by Gasteiger charge is 2.40. The second-order valence-corrected chi connectivity index (χ2v) is 8.94. The minimum Gasteiger partial charge on any atom is -0.493 e. The fraction of sp³-hybridized carbons (Fsp3) is 0.214. The van der Waals surface area contributed by atoms with Crippen LogP contribution in [0.4, 0.5) is 11.6 Å². The number of hydrogen-bond donors (Lipinski definition) is 1. The van der Waals surface area contributed by atoms with Crippen molar-refractivity contribution in [2.24, 2.45) is 10.9 Å². The molecule has 0 fully saturated rings. The van der Waals surface area contributed by atoms with E-state index in [0.717, 1.165) is 5.56 Å². The Morgan fingerprint density at radius 3 is 2.54 bits per heavy atom. The number of para-hydroxylation sites is 1. The Hall–Kier alpha value is -4.17. The number of rotatable bonds is 7. The summed E-state index contributed by atoms with van der Waals surface area (Å²) >= 11 is 6.44. The molecular formula is C28H26ClN5O3. The van der Waals surface area contributed by atoms with Crippen molar-refractivity contribution in [1.29, 1.82) is 0 Å². The van der Waals surface area contributed by atoms with Crippen molar-refractivity contribution in [3.63, 3.8) is 0 Å². The molecule has 1 N–H and O–H groups in total. The van der Waals surface area contributed by atoms with E-state index in [-0.39, 0.29) is 5.91 Å². The maximum absolute atomic E-state index is 13.7. The molecule has 0 saturated carbocycles. The van der Waals surface area contributed by atoms with Gasteiger partial charge in [-0.1, -0.05) is 48.0 Å². The quantitative estimate of drug-likeness (QED) is 0.328. The predicted molar refractivity (Wildman–Crippen MR) is 144 cm³/mol. The maximum Gasteiger partial charge on any atom is 0.248 e. The average molecular weight is 516 g/mol. The number of nitrogens with zero attached hydrogens (tertiary/aromatic N) is 4. The number of ether oxygens (including phenoxy) is 2. The lowest BCUT2D eigenvalue weighted by Gasteiger charge is -2.30. The summed E-state index contributed by atoms with van der Waals surface area (Å²) in [5.41, 5.74) is 2.81. The van der Waals surface area contributed by atoms with Gasteiger partial charge >= 0.3 is 0 Å². The minimum atomic E-state index is -0.656. The van der Waals surface area contributed by atoms with Crippen molar-refractivity contribution < 1.29 is 14.3 Å². The van der Waals surface area contributed by atoms with Crippen molar-refractivity contribution in [1.82, 2.24) is 14.8 Å². The second kappa shape index (κ2) is 10.4. The van der Waals surface area contributed by atoms with Gasteiger partial charge in [-0.15, -0.1) is 5.10 Å². The van der Waals surface area contributed by atoms with E-state index in [1.807, 2.05) is 80.6 Å². The van der Waals surface area contributed by atoms with Gasteiger partial charge in [0.25, 0.3) is 0 Å². The van der Waals surface area contributed by atoms with Crippen molar-refractivity contribution in [3.8, 4) is 22.9 Å². The van der Waals surface area contributed by atoms with E-state index in [0.29, 0.717) is 51.9 Å². The first kappa shape index (κ1) is 24.5. The lowest BCUT2D eigenvalue weighted by molar-refractivity contribution is -0.118. The molecule has 1 aliphatic heterocycles. The molecule has 0 saturated heterocycles. The molecule has 5 rings (SSSR count). The second-order valence-electron chi connectivity index (χ2n) is 8.53. The van der Waals surface area contributed by atoms with Gasteiger partial charge < -0.3 is 14.8 Å². The van der Waals surface area contributed by atoms with E-state index in [1.165, 1.54) is 0 Å². The fourth-order valence-electron chi connectivity index (χ4n) is 4.48. The van der Waals surface area contributed by atoms with Crippen LogP contribution in [-0.2, 0) is 4.79 Å². The predicted octanol–water partition coefficient (Wildman–Crippen LogP) is 5.96. The molecule has 0 bridgehead atoms. The third kappa shape index (κ3) is 4.80. The lowest BCUT2D eigenvalue weighted by atomic mass is 9.87. The first-order chi connectivity index (χ1) is 18.0. The minimum absolute atomic E-state index is 0.203. The van der Waals surface area contributed by atoms with Crippen LogP contribution in [0.15, 0.2) is 77.8 Å². The molecule has 1 aromatic heterocycles. The third-order valence-electron chi connectivity index (χ3n) is 6.19. The molecule has 2 atom stereocenters. The van der Waals surface area contributed by atoms with Crippen LogP contribution >= 0.6 is 11.6 Å². The molecule has 9 heteroatoms. The first-order valence-electron chi connectivity index (χ1n) is 11.9. The summed E-state index contributed by atoms with van der Waals surface area (Å²) in [6.07, 6.45) is 0. The largest absolute Gasteiger partial charge is 0.493 e. The number of benzene rings is 3. The topological polar surface area (TPSA) is 90.6 Å².